The van der Waals surface area contributed by atoms with E-state index < -0.39 is 0 Å². The number of benzene rings is 2. The molecule has 0 saturated heterocycles. The second-order valence-electron chi connectivity index (χ2n) is 7.31. The predicted octanol–water partition coefficient (Wildman–Crippen LogP) is 4.21. The molecule has 0 bridgehead atoms. The van der Waals surface area contributed by atoms with Crippen LogP contribution in [0.1, 0.15) is 23.1 Å². The van der Waals surface area contributed by atoms with E-state index in [4.69, 9.17) is 10.8 Å². The molecule has 4 N–H and O–H groups in total. The number of hydrogen-bond donors (Lipinski definition) is 3. The van der Waals surface area contributed by atoms with Crippen LogP contribution in [0.5, 0.6) is 0 Å². The van der Waals surface area contributed by atoms with Gasteiger partial charge in [0.25, 0.3) is 0 Å². The van der Waals surface area contributed by atoms with Gasteiger partial charge < -0.3 is 15.8 Å². The van der Waals surface area contributed by atoms with E-state index in [-0.39, 0.29) is 6.61 Å². The van der Waals surface area contributed by atoms with Crippen LogP contribution in [0.3, 0.4) is 0 Å². The van der Waals surface area contributed by atoms with Crippen LogP contribution in [-0.2, 0) is 0 Å². The fraction of sp³-hybridized carbons (Fsp3) is 0.160. The van der Waals surface area contributed by atoms with E-state index in [2.05, 4.69) is 19.9 Å². The summed E-state index contributed by atoms with van der Waals surface area (Å²) in [5.41, 5.74) is 13.4. The summed E-state index contributed by atoms with van der Waals surface area (Å²) in [4.78, 5) is 17.0. The summed E-state index contributed by atoms with van der Waals surface area (Å²) in [6, 6.07) is 19.9. The summed E-state index contributed by atoms with van der Waals surface area (Å²) in [5, 5.41) is 9.08. The minimum Gasteiger partial charge on any atom is -0.398 e. The van der Waals surface area contributed by atoms with E-state index in [0.717, 1.165) is 33.6 Å². The van der Waals surface area contributed by atoms with Crippen LogP contribution in [0.4, 0.5) is 0 Å². The third-order valence-electron chi connectivity index (χ3n) is 5.05. The van der Waals surface area contributed by atoms with Crippen LogP contribution in [-0.4, -0.2) is 39.4 Å². The van der Waals surface area contributed by atoms with Crippen LogP contribution >= 0.6 is 0 Å². The highest BCUT2D eigenvalue weighted by Gasteiger charge is 2.15. The number of fused-ring (bicyclic) bond motifs is 1. The number of H-pyrrole nitrogens is 1. The maximum atomic E-state index is 9.08. The molecule has 0 atom stereocenters. The Bertz CT molecular complexity index is 1220. The number of nitrogens with two attached hydrogens (primary N) is 1. The molecule has 0 aliphatic heterocycles. The lowest BCUT2D eigenvalue weighted by Gasteiger charge is -2.10. The van der Waals surface area contributed by atoms with Gasteiger partial charge in [-0.3, -0.25) is 4.99 Å². The molecule has 0 aliphatic carbocycles. The average Bonchev–Trinajstić information content (AvgIpc) is 3.25. The molecule has 0 radical (unpaired) electrons. The summed E-state index contributed by atoms with van der Waals surface area (Å²) in [5.74, 6) is 0.751. The quantitative estimate of drug-likeness (QED) is 0.313. The third kappa shape index (κ3) is 4.54. The molecule has 156 valence electrons. The highest BCUT2D eigenvalue weighted by Crippen LogP contribution is 2.28. The smallest absolute Gasteiger partial charge is 0.178 e. The molecule has 0 amide bonds. The lowest BCUT2D eigenvalue weighted by molar-refractivity contribution is 0.291. The van der Waals surface area contributed by atoms with Crippen LogP contribution < -0.4 is 5.73 Å². The molecule has 6 heteroatoms. The van der Waals surface area contributed by atoms with Crippen molar-refractivity contribution < 1.29 is 5.11 Å². The largest absolute Gasteiger partial charge is 0.398 e. The number of aryl methyl sites for hydroxylation is 1. The van der Waals surface area contributed by atoms with Crippen molar-refractivity contribution in [2.45, 2.75) is 13.3 Å². The SMILES string of the molecule is Cc1ccc(C(N)=C(C=NCCCO)c2ccnc3nc(-c4ccccc4)[nH]c23)cc1. The molecule has 6 nitrogen and oxygen atoms in total. The van der Waals surface area contributed by atoms with Gasteiger partial charge in [-0.25, -0.2) is 9.97 Å². The van der Waals surface area contributed by atoms with Gasteiger partial charge in [-0.15, -0.1) is 0 Å². The Kier molecular flexibility index (Phi) is 6.19. The van der Waals surface area contributed by atoms with Crippen molar-refractivity contribution in [1.82, 2.24) is 15.0 Å². The molecule has 2 aromatic carbocycles. The molecular weight excluding hydrogens is 386 g/mol. The number of allylic oxidation sites excluding steroid dienone is 1. The van der Waals surface area contributed by atoms with E-state index in [1.54, 1.807) is 12.4 Å². The molecule has 0 fully saturated rings. The predicted molar refractivity (Wildman–Crippen MR) is 127 cm³/mol. The number of hydrogen-bond acceptors (Lipinski definition) is 5. The van der Waals surface area contributed by atoms with E-state index in [9.17, 15) is 0 Å². The summed E-state index contributed by atoms with van der Waals surface area (Å²) < 4.78 is 0. The number of nitrogens with zero attached hydrogens (tertiary/aromatic N) is 3. The van der Waals surface area contributed by atoms with E-state index in [1.807, 2.05) is 67.6 Å². The lowest BCUT2D eigenvalue weighted by Crippen LogP contribution is -2.04. The van der Waals surface area contributed by atoms with Crippen LogP contribution in [0.2, 0.25) is 0 Å². The molecule has 0 saturated carbocycles. The molecule has 4 rings (SSSR count). The van der Waals surface area contributed by atoms with E-state index in [0.29, 0.717) is 24.3 Å². The second-order valence-corrected chi connectivity index (χ2v) is 7.31. The number of aromatic nitrogens is 3. The number of aliphatic imine (C=N–C) groups is 1. The standard InChI is InChI=1S/C25H25N5O/c1-17-8-10-18(11-9-17)22(26)21(16-27-13-5-15-31)20-12-14-28-25-23(20)29-24(30-25)19-6-3-2-4-7-19/h2-4,6-12,14,16,31H,5,13,15,26H2,1H3,(H,28,29,30). The first-order valence-electron chi connectivity index (χ1n) is 10.3. The van der Waals surface area contributed by atoms with Gasteiger partial charge in [0.15, 0.2) is 5.65 Å². The van der Waals surface area contributed by atoms with Gasteiger partial charge in [-0.1, -0.05) is 60.2 Å². The van der Waals surface area contributed by atoms with Crippen molar-refractivity contribution in [1.29, 1.82) is 0 Å². The van der Waals surface area contributed by atoms with Crippen molar-refractivity contribution in [2.24, 2.45) is 10.7 Å². The number of aliphatic hydroxyl groups is 1. The molecular formula is C25H25N5O. The minimum absolute atomic E-state index is 0.102. The number of nitrogens with one attached hydrogen (secondary N) is 1. The molecule has 0 aliphatic rings. The maximum Gasteiger partial charge on any atom is 0.178 e. The summed E-state index contributed by atoms with van der Waals surface area (Å²) in [6.07, 6.45) is 4.11. The Morgan fingerprint density at radius 1 is 1.10 bits per heavy atom. The van der Waals surface area contributed by atoms with E-state index >= 15 is 0 Å². The highest BCUT2D eigenvalue weighted by atomic mass is 16.3. The number of aliphatic hydroxyl groups excluding tert-OH is 1. The van der Waals surface area contributed by atoms with Crippen LogP contribution in [0.15, 0.2) is 71.9 Å². The maximum absolute atomic E-state index is 9.08. The fourth-order valence-corrected chi connectivity index (χ4v) is 3.36. The van der Waals surface area contributed by atoms with Gasteiger partial charge >= 0.3 is 0 Å². The van der Waals surface area contributed by atoms with Gasteiger partial charge in [0.05, 0.1) is 5.52 Å². The minimum atomic E-state index is 0.102. The van der Waals surface area contributed by atoms with Crippen molar-refractivity contribution in [3.8, 4) is 11.4 Å². The second kappa shape index (κ2) is 9.36. The number of rotatable bonds is 7. The average molecular weight is 412 g/mol. The Morgan fingerprint density at radius 2 is 1.87 bits per heavy atom. The van der Waals surface area contributed by atoms with Gasteiger partial charge in [0.2, 0.25) is 0 Å². The van der Waals surface area contributed by atoms with Gasteiger partial charge in [-0.05, 0) is 25.0 Å². The summed E-state index contributed by atoms with van der Waals surface area (Å²) in [6.45, 7) is 2.67. The first kappa shape index (κ1) is 20.5. The monoisotopic (exact) mass is 411 g/mol. The summed E-state index contributed by atoms with van der Waals surface area (Å²) in [7, 11) is 0. The summed E-state index contributed by atoms with van der Waals surface area (Å²) >= 11 is 0. The number of imidazole rings is 1. The van der Waals surface area contributed by atoms with Crippen LogP contribution in [0, 0.1) is 6.92 Å². The Balaban J connectivity index is 1.86. The zero-order chi connectivity index (χ0) is 21.6. The highest BCUT2D eigenvalue weighted by molar-refractivity contribution is 6.21. The Labute approximate surface area is 181 Å². The first-order chi connectivity index (χ1) is 15.2. The lowest BCUT2D eigenvalue weighted by atomic mass is 10.00. The normalized spacial score (nSPS) is 12.5. The van der Waals surface area contributed by atoms with Crippen molar-refractivity contribution in [2.75, 3.05) is 13.2 Å². The van der Waals surface area contributed by atoms with Gasteiger partial charge in [-0.2, -0.15) is 0 Å². The van der Waals surface area contributed by atoms with Crippen molar-refractivity contribution in [3.63, 3.8) is 0 Å². The topological polar surface area (TPSA) is 100 Å². The number of pyridine rings is 1. The molecule has 2 aromatic heterocycles. The fourth-order valence-electron chi connectivity index (χ4n) is 3.36. The zero-order valence-electron chi connectivity index (χ0n) is 17.4. The molecule has 31 heavy (non-hydrogen) atoms. The molecule has 0 unspecified atom stereocenters. The molecule has 2 heterocycles. The van der Waals surface area contributed by atoms with Crippen molar-refractivity contribution >= 4 is 28.6 Å². The van der Waals surface area contributed by atoms with E-state index in [1.165, 1.54) is 5.56 Å². The van der Waals surface area contributed by atoms with Crippen molar-refractivity contribution in [3.05, 3.63) is 83.6 Å². The first-order valence-corrected chi connectivity index (χ1v) is 10.3. The zero-order valence-corrected chi connectivity index (χ0v) is 17.4. The van der Waals surface area contributed by atoms with Gasteiger partial charge in [0.1, 0.15) is 5.82 Å². The Hall–Kier alpha value is -3.77. The Morgan fingerprint density at radius 3 is 2.61 bits per heavy atom. The third-order valence-corrected chi connectivity index (χ3v) is 5.05. The number of aromatic amines is 1. The van der Waals surface area contributed by atoms with Crippen LogP contribution in [0.25, 0.3) is 33.8 Å². The molecule has 0 spiro atoms. The molecule has 4 aromatic rings. The van der Waals surface area contributed by atoms with Gasteiger partial charge in [0, 0.05) is 48.0 Å².